The van der Waals surface area contributed by atoms with Crippen molar-refractivity contribution in [1.82, 2.24) is 0 Å². The number of amides is 1. The lowest BCUT2D eigenvalue weighted by atomic mass is 10.2. The second-order valence-corrected chi connectivity index (χ2v) is 5.10. The number of anilines is 2. The lowest BCUT2D eigenvalue weighted by Gasteiger charge is -2.11. The molecule has 4 nitrogen and oxygen atoms in total. The number of carbonyl (C=O) groups excluding carboxylic acids is 1. The van der Waals surface area contributed by atoms with E-state index in [2.05, 4.69) is 5.32 Å². The van der Waals surface area contributed by atoms with Crippen molar-refractivity contribution in [2.75, 3.05) is 17.7 Å². The molecule has 0 spiro atoms. The Balaban J connectivity index is 2.19. The van der Waals surface area contributed by atoms with E-state index in [4.69, 9.17) is 33.7 Å². The van der Waals surface area contributed by atoms with Gasteiger partial charge in [-0.25, -0.2) is 0 Å². The van der Waals surface area contributed by atoms with Crippen LogP contribution in [0.2, 0.25) is 10.0 Å². The lowest BCUT2D eigenvalue weighted by molar-refractivity contribution is 0.102. The molecular formula is C15H14Cl2N2O2. The zero-order chi connectivity index (χ0) is 15.4. The highest BCUT2D eigenvalue weighted by molar-refractivity contribution is 6.37. The third-order valence-corrected chi connectivity index (χ3v) is 3.31. The summed E-state index contributed by atoms with van der Waals surface area (Å²) in [5, 5.41) is 3.46. The van der Waals surface area contributed by atoms with Crippen LogP contribution in [-0.2, 0) is 0 Å². The molecule has 0 aliphatic heterocycles. The number of hydrogen-bond acceptors (Lipinski definition) is 3. The van der Waals surface area contributed by atoms with Gasteiger partial charge in [0.05, 0.1) is 28.6 Å². The summed E-state index contributed by atoms with van der Waals surface area (Å²) in [7, 11) is 0. The molecule has 2 aromatic carbocycles. The van der Waals surface area contributed by atoms with Gasteiger partial charge < -0.3 is 15.8 Å². The maximum Gasteiger partial charge on any atom is 0.257 e. The Morgan fingerprint density at radius 3 is 2.62 bits per heavy atom. The molecule has 0 aliphatic carbocycles. The molecule has 0 saturated heterocycles. The summed E-state index contributed by atoms with van der Waals surface area (Å²) in [5.74, 6) is 0.296. The Bertz CT molecular complexity index is 675. The number of ether oxygens (including phenoxy) is 1. The van der Waals surface area contributed by atoms with Crippen LogP contribution in [0.5, 0.6) is 5.75 Å². The minimum atomic E-state index is -0.354. The highest BCUT2D eigenvalue weighted by atomic mass is 35.5. The molecule has 0 radical (unpaired) electrons. The second kappa shape index (κ2) is 6.70. The summed E-state index contributed by atoms with van der Waals surface area (Å²) in [6.45, 7) is 2.43. The third kappa shape index (κ3) is 3.80. The summed E-state index contributed by atoms with van der Waals surface area (Å²) in [5.41, 5.74) is 7.13. The molecule has 0 aromatic heterocycles. The first-order valence-electron chi connectivity index (χ1n) is 6.30. The van der Waals surface area contributed by atoms with E-state index in [-0.39, 0.29) is 10.9 Å². The molecule has 0 saturated carbocycles. The Kier molecular flexibility index (Phi) is 4.94. The van der Waals surface area contributed by atoms with Gasteiger partial charge >= 0.3 is 0 Å². The molecule has 0 atom stereocenters. The predicted octanol–water partition coefficient (Wildman–Crippen LogP) is 4.23. The van der Waals surface area contributed by atoms with Crippen molar-refractivity contribution in [2.45, 2.75) is 6.92 Å². The first-order valence-corrected chi connectivity index (χ1v) is 7.05. The number of halogens is 2. The van der Waals surface area contributed by atoms with Crippen LogP contribution in [0, 0.1) is 0 Å². The first kappa shape index (κ1) is 15.5. The number of nitrogen functional groups attached to an aromatic ring is 1. The van der Waals surface area contributed by atoms with Crippen molar-refractivity contribution in [3.8, 4) is 5.75 Å². The monoisotopic (exact) mass is 324 g/mol. The molecular weight excluding hydrogens is 311 g/mol. The van der Waals surface area contributed by atoms with Crippen LogP contribution in [0.1, 0.15) is 17.3 Å². The van der Waals surface area contributed by atoms with E-state index in [1.54, 1.807) is 30.3 Å². The Morgan fingerprint density at radius 2 is 2.00 bits per heavy atom. The van der Waals surface area contributed by atoms with E-state index < -0.39 is 0 Å². The molecule has 0 fully saturated rings. The van der Waals surface area contributed by atoms with Crippen LogP contribution < -0.4 is 15.8 Å². The smallest absolute Gasteiger partial charge is 0.257 e. The molecule has 0 unspecified atom stereocenters. The third-order valence-electron chi connectivity index (χ3n) is 2.76. The highest BCUT2D eigenvalue weighted by Crippen LogP contribution is 2.26. The fourth-order valence-electron chi connectivity index (χ4n) is 1.77. The van der Waals surface area contributed by atoms with Gasteiger partial charge in [-0.1, -0.05) is 23.2 Å². The van der Waals surface area contributed by atoms with Crippen LogP contribution >= 0.6 is 23.2 Å². The van der Waals surface area contributed by atoms with Gasteiger partial charge in [-0.05, 0) is 37.3 Å². The first-order chi connectivity index (χ1) is 10.0. The van der Waals surface area contributed by atoms with E-state index in [0.717, 1.165) is 0 Å². The van der Waals surface area contributed by atoms with Crippen LogP contribution in [-0.4, -0.2) is 12.5 Å². The number of rotatable bonds is 4. The molecule has 21 heavy (non-hydrogen) atoms. The number of nitrogens with two attached hydrogens (primary N) is 1. The minimum Gasteiger partial charge on any atom is -0.494 e. The van der Waals surface area contributed by atoms with Gasteiger partial charge in [0.2, 0.25) is 0 Å². The average molecular weight is 325 g/mol. The SMILES string of the molecule is CCOc1ccc(NC(=O)c2ccc(Cl)cc2Cl)c(N)c1. The van der Waals surface area contributed by atoms with Crippen LogP contribution in [0.3, 0.4) is 0 Å². The number of benzene rings is 2. The number of carbonyl (C=O) groups is 1. The fourth-order valence-corrected chi connectivity index (χ4v) is 2.27. The molecule has 2 aromatic rings. The van der Waals surface area contributed by atoms with E-state index in [0.29, 0.717) is 34.3 Å². The van der Waals surface area contributed by atoms with Gasteiger partial charge in [0.15, 0.2) is 0 Å². The Labute approximate surface area is 132 Å². The highest BCUT2D eigenvalue weighted by Gasteiger charge is 2.12. The minimum absolute atomic E-state index is 0.282. The van der Waals surface area contributed by atoms with Crippen LogP contribution in [0.15, 0.2) is 36.4 Å². The molecule has 110 valence electrons. The molecule has 0 bridgehead atoms. The molecule has 2 rings (SSSR count). The summed E-state index contributed by atoms with van der Waals surface area (Å²) in [4.78, 5) is 12.2. The molecule has 6 heteroatoms. The van der Waals surface area contributed by atoms with Gasteiger partial charge in [0.1, 0.15) is 5.75 Å². The lowest BCUT2D eigenvalue weighted by Crippen LogP contribution is -2.13. The van der Waals surface area contributed by atoms with E-state index in [1.807, 2.05) is 6.92 Å². The van der Waals surface area contributed by atoms with Gasteiger partial charge in [0, 0.05) is 11.1 Å². The van der Waals surface area contributed by atoms with E-state index in [9.17, 15) is 4.79 Å². The molecule has 3 N–H and O–H groups in total. The number of hydrogen-bond donors (Lipinski definition) is 2. The average Bonchev–Trinajstić information content (AvgIpc) is 2.42. The van der Waals surface area contributed by atoms with Crippen molar-refractivity contribution in [1.29, 1.82) is 0 Å². The Hall–Kier alpha value is -1.91. The summed E-state index contributed by atoms with van der Waals surface area (Å²) in [6, 6.07) is 9.75. The second-order valence-electron chi connectivity index (χ2n) is 4.26. The number of nitrogens with one attached hydrogen (secondary N) is 1. The van der Waals surface area contributed by atoms with Gasteiger partial charge in [0.25, 0.3) is 5.91 Å². The maximum absolute atomic E-state index is 12.2. The normalized spacial score (nSPS) is 10.2. The Morgan fingerprint density at radius 1 is 1.24 bits per heavy atom. The zero-order valence-electron chi connectivity index (χ0n) is 11.3. The van der Waals surface area contributed by atoms with Crippen molar-refractivity contribution < 1.29 is 9.53 Å². The standard InChI is InChI=1S/C15H14Cl2N2O2/c1-2-21-10-4-6-14(13(18)8-10)19-15(20)11-5-3-9(16)7-12(11)17/h3-8H,2,18H2,1H3,(H,19,20). The summed E-state index contributed by atoms with van der Waals surface area (Å²) < 4.78 is 5.34. The van der Waals surface area contributed by atoms with Crippen molar-refractivity contribution in [3.63, 3.8) is 0 Å². The van der Waals surface area contributed by atoms with Crippen LogP contribution in [0.25, 0.3) is 0 Å². The van der Waals surface area contributed by atoms with E-state index in [1.165, 1.54) is 6.07 Å². The van der Waals surface area contributed by atoms with Crippen LogP contribution in [0.4, 0.5) is 11.4 Å². The topological polar surface area (TPSA) is 64.3 Å². The molecule has 0 aliphatic rings. The van der Waals surface area contributed by atoms with Crippen molar-refractivity contribution in [3.05, 3.63) is 52.0 Å². The fraction of sp³-hybridized carbons (Fsp3) is 0.133. The van der Waals surface area contributed by atoms with Crippen molar-refractivity contribution in [2.24, 2.45) is 0 Å². The summed E-state index contributed by atoms with van der Waals surface area (Å²) >= 11 is 11.8. The van der Waals surface area contributed by atoms with Gasteiger partial charge in [-0.3, -0.25) is 4.79 Å². The zero-order valence-corrected chi connectivity index (χ0v) is 12.8. The van der Waals surface area contributed by atoms with Crippen molar-refractivity contribution >= 4 is 40.5 Å². The maximum atomic E-state index is 12.2. The summed E-state index contributed by atoms with van der Waals surface area (Å²) in [6.07, 6.45) is 0. The molecule has 0 heterocycles. The quantitative estimate of drug-likeness (QED) is 0.827. The van der Waals surface area contributed by atoms with E-state index >= 15 is 0 Å². The predicted molar refractivity (Wildman–Crippen MR) is 86.4 cm³/mol. The van der Waals surface area contributed by atoms with Gasteiger partial charge in [-0.15, -0.1) is 0 Å². The van der Waals surface area contributed by atoms with Gasteiger partial charge in [-0.2, -0.15) is 0 Å². The molecule has 1 amide bonds. The largest absolute Gasteiger partial charge is 0.494 e.